The van der Waals surface area contributed by atoms with Gasteiger partial charge in [0, 0.05) is 17.8 Å². The first-order valence-corrected chi connectivity index (χ1v) is 12.6. The maximum absolute atomic E-state index is 13.4. The molecule has 5 aromatic rings. The van der Waals surface area contributed by atoms with Gasteiger partial charge in [0.1, 0.15) is 11.4 Å². The van der Waals surface area contributed by atoms with Crippen LogP contribution in [-0.4, -0.2) is 32.1 Å². The summed E-state index contributed by atoms with van der Waals surface area (Å²) < 4.78 is 6.94. The molecule has 4 heterocycles. The predicted molar refractivity (Wildman–Crippen MR) is 139 cm³/mol. The highest BCUT2D eigenvalue weighted by Crippen LogP contribution is 2.35. The SMILES string of the molecule is Cc1cccc(-c2noc(-c3sc4ncn(CC(=O)N5CCCc6ccccc65)c(=O)c4c3C)n2)c1. The number of para-hydroxylation sites is 1. The molecule has 0 radical (unpaired) electrons. The summed E-state index contributed by atoms with van der Waals surface area (Å²) in [4.78, 5) is 38.7. The number of rotatable bonds is 4. The maximum atomic E-state index is 13.4. The van der Waals surface area contributed by atoms with Crippen LogP contribution in [0.15, 0.2) is 64.2 Å². The van der Waals surface area contributed by atoms with Crippen LogP contribution in [0.1, 0.15) is 23.1 Å². The Morgan fingerprint density at radius 3 is 2.86 bits per heavy atom. The predicted octanol–water partition coefficient (Wildman–Crippen LogP) is 4.77. The Morgan fingerprint density at radius 1 is 1.14 bits per heavy atom. The lowest BCUT2D eigenvalue weighted by atomic mass is 10.0. The zero-order valence-corrected chi connectivity index (χ0v) is 20.7. The molecule has 0 fully saturated rings. The van der Waals surface area contributed by atoms with E-state index in [9.17, 15) is 9.59 Å². The summed E-state index contributed by atoms with van der Waals surface area (Å²) >= 11 is 1.33. The van der Waals surface area contributed by atoms with E-state index in [1.807, 2.05) is 62.4 Å². The van der Waals surface area contributed by atoms with Gasteiger partial charge in [-0.2, -0.15) is 4.98 Å². The van der Waals surface area contributed by atoms with Gasteiger partial charge in [-0.3, -0.25) is 14.2 Å². The van der Waals surface area contributed by atoms with Gasteiger partial charge in [-0.25, -0.2) is 4.98 Å². The fraction of sp³-hybridized carbons (Fsp3) is 0.222. The lowest BCUT2D eigenvalue weighted by Crippen LogP contribution is -2.39. The molecule has 1 aliphatic heterocycles. The summed E-state index contributed by atoms with van der Waals surface area (Å²) in [5, 5.41) is 4.60. The smallest absolute Gasteiger partial charge is 0.268 e. The molecule has 1 aliphatic rings. The van der Waals surface area contributed by atoms with Crippen molar-refractivity contribution in [3.8, 4) is 22.2 Å². The average molecular weight is 498 g/mol. The molecule has 3 aromatic heterocycles. The summed E-state index contributed by atoms with van der Waals surface area (Å²) in [5.41, 5.74) is 4.51. The Balaban J connectivity index is 1.32. The lowest BCUT2D eigenvalue weighted by molar-refractivity contribution is -0.119. The summed E-state index contributed by atoms with van der Waals surface area (Å²) in [5.74, 6) is 0.709. The maximum Gasteiger partial charge on any atom is 0.268 e. The molecule has 9 heteroatoms. The molecule has 180 valence electrons. The second-order valence-electron chi connectivity index (χ2n) is 8.98. The number of amides is 1. The number of aryl methyl sites for hydroxylation is 3. The number of fused-ring (bicyclic) bond motifs is 2. The van der Waals surface area contributed by atoms with Crippen LogP contribution in [0.3, 0.4) is 0 Å². The highest BCUT2D eigenvalue weighted by Gasteiger charge is 2.24. The number of aromatic nitrogens is 4. The average Bonchev–Trinajstić information content (AvgIpc) is 3.50. The van der Waals surface area contributed by atoms with Crippen LogP contribution in [0.2, 0.25) is 0 Å². The van der Waals surface area contributed by atoms with Crippen molar-refractivity contribution in [2.24, 2.45) is 0 Å². The topological polar surface area (TPSA) is 94.1 Å². The highest BCUT2D eigenvalue weighted by atomic mass is 32.1. The van der Waals surface area contributed by atoms with Crippen molar-refractivity contribution < 1.29 is 9.32 Å². The molecular formula is C27H23N5O3S. The summed E-state index contributed by atoms with van der Waals surface area (Å²) in [6.07, 6.45) is 3.30. The van der Waals surface area contributed by atoms with Crippen LogP contribution >= 0.6 is 11.3 Å². The first-order valence-electron chi connectivity index (χ1n) is 11.8. The van der Waals surface area contributed by atoms with Gasteiger partial charge in [-0.05, 0) is 49.9 Å². The van der Waals surface area contributed by atoms with Crippen molar-refractivity contribution in [3.63, 3.8) is 0 Å². The zero-order chi connectivity index (χ0) is 24.8. The molecule has 0 atom stereocenters. The quantitative estimate of drug-likeness (QED) is 0.355. The van der Waals surface area contributed by atoms with E-state index in [0.717, 1.165) is 40.8 Å². The first kappa shape index (κ1) is 22.4. The van der Waals surface area contributed by atoms with E-state index in [2.05, 4.69) is 15.1 Å². The lowest BCUT2D eigenvalue weighted by Gasteiger charge is -2.29. The summed E-state index contributed by atoms with van der Waals surface area (Å²) in [7, 11) is 0. The number of thiophene rings is 1. The largest absolute Gasteiger partial charge is 0.333 e. The Hall–Kier alpha value is -4.11. The minimum absolute atomic E-state index is 0.0706. The van der Waals surface area contributed by atoms with Gasteiger partial charge >= 0.3 is 0 Å². The van der Waals surface area contributed by atoms with E-state index < -0.39 is 0 Å². The Bertz CT molecular complexity index is 1680. The minimum atomic E-state index is -0.253. The minimum Gasteiger partial charge on any atom is -0.333 e. The van der Waals surface area contributed by atoms with Gasteiger partial charge < -0.3 is 9.42 Å². The summed E-state index contributed by atoms with van der Waals surface area (Å²) in [6.45, 7) is 4.42. The van der Waals surface area contributed by atoms with Crippen LogP contribution in [0.4, 0.5) is 5.69 Å². The molecule has 0 aliphatic carbocycles. The van der Waals surface area contributed by atoms with Crippen LogP contribution in [0.5, 0.6) is 0 Å². The zero-order valence-electron chi connectivity index (χ0n) is 19.9. The third-order valence-corrected chi connectivity index (χ3v) is 7.72. The normalized spacial score (nSPS) is 13.2. The van der Waals surface area contributed by atoms with Crippen molar-refractivity contribution in [2.75, 3.05) is 11.4 Å². The van der Waals surface area contributed by atoms with Crippen molar-refractivity contribution >= 4 is 33.1 Å². The molecule has 1 amide bonds. The molecule has 8 nitrogen and oxygen atoms in total. The third-order valence-electron chi connectivity index (χ3n) is 6.53. The molecule has 0 N–H and O–H groups in total. The summed E-state index contributed by atoms with van der Waals surface area (Å²) in [6, 6.07) is 15.8. The van der Waals surface area contributed by atoms with E-state index >= 15 is 0 Å². The van der Waals surface area contributed by atoms with Crippen LogP contribution in [0.25, 0.3) is 32.4 Å². The molecular weight excluding hydrogens is 474 g/mol. The number of carbonyl (C=O) groups is 1. The molecule has 6 rings (SSSR count). The van der Waals surface area contributed by atoms with Crippen molar-refractivity contribution in [1.82, 2.24) is 19.7 Å². The molecule has 0 saturated heterocycles. The number of anilines is 1. The fourth-order valence-electron chi connectivity index (χ4n) is 4.72. The number of hydrogen-bond donors (Lipinski definition) is 0. The molecule has 0 unspecified atom stereocenters. The Kier molecular flexibility index (Phi) is 5.49. The van der Waals surface area contributed by atoms with Gasteiger partial charge in [0.2, 0.25) is 11.7 Å². The van der Waals surface area contributed by atoms with E-state index in [-0.39, 0.29) is 18.0 Å². The van der Waals surface area contributed by atoms with Crippen LogP contribution < -0.4 is 10.5 Å². The molecule has 0 bridgehead atoms. The van der Waals surface area contributed by atoms with E-state index in [0.29, 0.717) is 33.4 Å². The Labute approximate surface area is 210 Å². The third kappa shape index (κ3) is 3.81. The van der Waals surface area contributed by atoms with Crippen LogP contribution in [-0.2, 0) is 17.8 Å². The second-order valence-corrected chi connectivity index (χ2v) is 9.98. The van der Waals surface area contributed by atoms with Crippen molar-refractivity contribution in [2.45, 2.75) is 33.2 Å². The number of carbonyl (C=O) groups excluding carboxylic acids is 1. The van der Waals surface area contributed by atoms with E-state index in [1.165, 1.54) is 22.2 Å². The second kappa shape index (κ2) is 8.83. The number of nitrogens with zero attached hydrogens (tertiary/aromatic N) is 5. The standard InChI is InChI=1S/C27H23N5O3S/c1-16-7-5-9-19(13-16)24-29-25(35-30-24)23-17(2)22-26(36-23)28-15-31(27(22)34)14-21(33)32-12-6-10-18-8-3-4-11-20(18)32/h3-5,7-9,11,13,15H,6,10,12,14H2,1-2H3. The molecule has 0 spiro atoms. The molecule has 2 aromatic carbocycles. The number of benzene rings is 2. The number of hydrogen-bond acceptors (Lipinski definition) is 7. The van der Waals surface area contributed by atoms with Gasteiger partial charge in [0.15, 0.2) is 0 Å². The Morgan fingerprint density at radius 2 is 2.00 bits per heavy atom. The first-order chi connectivity index (χ1) is 17.5. The van der Waals surface area contributed by atoms with E-state index in [1.54, 1.807) is 4.90 Å². The van der Waals surface area contributed by atoms with E-state index in [4.69, 9.17) is 4.52 Å². The monoisotopic (exact) mass is 497 g/mol. The fourth-order valence-corrected chi connectivity index (χ4v) is 5.78. The van der Waals surface area contributed by atoms with Crippen molar-refractivity contribution in [1.29, 1.82) is 0 Å². The van der Waals surface area contributed by atoms with Crippen LogP contribution in [0, 0.1) is 13.8 Å². The van der Waals surface area contributed by atoms with Gasteiger partial charge in [0.05, 0.1) is 16.6 Å². The molecule has 36 heavy (non-hydrogen) atoms. The van der Waals surface area contributed by atoms with Gasteiger partial charge in [-0.15, -0.1) is 11.3 Å². The van der Waals surface area contributed by atoms with Gasteiger partial charge in [0.25, 0.3) is 11.4 Å². The highest BCUT2D eigenvalue weighted by molar-refractivity contribution is 7.22. The molecule has 0 saturated carbocycles. The van der Waals surface area contributed by atoms with Gasteiger partial charge in [-0.1, -0.05) is 47.1 Å². The van der Waals surface area contributed by atoms with Crippen molar-refractivity contribution in [3.05, 3.63) is 81.9 Å².